The van der Waals surface area contributed by atoms with Gasteiger partial charge in [-0.2, -0.15) is 12.6 Å². The molecule has 0 aliphatic heterocycles. The highest BCUT2D eigenvalue weighted by Gasteiger charge is 1.69. The molecule has 0 aromatic heterocycles. The zero-order valence-electron chi connectivity index (χ0n) is 5.50. The van der Waals surface area contributed by atoms with Crippen molar-refractivity contribution in [1.29, 1.82) is 0 Å². The number of nitrogens with two attached hydrogens (primary N) is 1. The summed E-state index contributed by atoms with van der Waals surface area (Å²) in [6, 6.07) is 0. The van der Waals surface area contributed by atoms with Crippen LogP contribution in [0.2, 0.25) is 0 Å². The van der Waals surface area contributed by atoms with Crippen LogP contribution in [0.4, 0.5) is 0 Å². The first kappa shape index (κ1) is 11.6. The van der Waals surface area contributed by atoms with E-state index in [0.29, 0.717) is 0 Å². The van der Waals surface area contributed by atoms with E-state index in [4.69, 9.17) is 5.11 Å². The summed E-state index contributed by atoms with van der Waals surface area (Å²) in [6.07, 6.45) is 0.809. The lowest BCUT2D eigenvalue weighted by Gasteiger charge is -1.79. The Hall–Kier alpha value is -0.220. The van der Waals surface area contributed by atoms with Crippen molar-refractivity contribution in [3.63, 3.8) is 0 Å². The van der Waals surface area contributed by atoms with E-state index in [9.17, 15) is 4.79 Å². The molecule has 0 saturated heterocycles. The second-order valence-corrected chi connectivity index (χ2v) is 1.86. The quantitative estimate of drug-likeness (QED) is 0.478. The number of aliphatic hydroxyl groups is 1. The Kier molecular flexibility index (Phi) is 13.8. The first-order valence-corrected chi connectivity index (χ1v) is 3.26. The van der Waals surface area contributed by atoms with Gasteiger partial charge in [0.25, 0.3) is 0 Å². The summed E-state index contributed by atoms with van der Waals surface area (Å²) in [5, 5.41) is 8.02. The molecule has 0 heterocycles. The number of rotatable bonds is 2. The maximum atomic E-state index is 9.22. The molecule has 3 nitrogen and oxygen atoms in total. The van der Waals surface area contributed by atoms with Gasteiger partial charge in [-0.3, -0.25) is 4.79 Å². The van der Waals surface area contributed by atoms with Crippen LogP contribution in [0.15, 0.2) is 0 Å². The van der Waals surface area contributed by atoms with Crippen LogP contribution in [0.3, 0.4) is 0 Å². The molecule has 1 amide bonds. The van der Waals surface area contributed by atoms with Crippen LogP contribution in [0.5, 0.6) is 0 Å². The lowest BCUT2D eigenvalue weighted by Crippen LogP contribution is -2.01. The summed E-state index contributed by atoms with van der Waals surface area (Å²) in [6.45, 7) is 1.57. The number of amides is 1. The molecule has 56 valence electrons. The van der Waals surface area contributed by atoms with Crippen molar-refractivity contribution in [1.82, 2.24) is 0 Å². The highest BCUT2D eigenvalue weighted by atomic mass is 32.1. The average molecular weight is 151 g/mol. The predicted molar refractivity (Wildman–Crippen MR) is 40.4 cm³/mol. The van der Waals surface area contributed by atoms with E-state index in [1.807, 2.05) is 0 Å². The largest absolute Gasteiger partial charge is 0.396 e. The van der Waals surface area contributed by atoms with Crippen LogP contribution in [0.1, 0.15) is 13.3 Å². The molecule has 0 aromatic carbocycles. The van der Waals surface area contributed by atoms with Gasteiger partial charge in [-0.1, -0.05) is 0 Å². The summed E-state index contributed by atoms with van der Waals surface area (Å²) < 4.78 is 0. The highest BCUT2D eigenvalue weighted by Crippen LogP contribution is 1.76. The number of thiol groups is 1. The minimum absolute atomic E-state index is 0.267. The third-order valence-corrected chi connectivity index (χ3v) is 0.632. The van der Waals surface area contributed by atoms with Gasteiger partial charge in [0.2, 0.25) is 5.91 Å². The summed E-state index contributed by atoms with van der Waals surface area (Å²) in [7, 11) is 0. The maximum Gasteiger partial charge on any atom is 0.214 e. The Morgan fingerprint density at radius 3 is 2.11 bits per heavy atom. The van der Waals surface area contributed by atoms with Gasteiger partial charge >= 0.3 is 0 Å². The molecule has 0 aliphatic rings. The fraction of sp³-hybridized carbons (Fsp3) is 0.800. The van der Waals surface area contributed by atoms with E-state index < -0.39 is 0 Å². The molecule has 0 spiro atoms. The lowest BCUT2D eigenvalue weighted by atomic mass is 10.5. The minimum Gasteiger partial charge on any atom is -0.396 e. The van der Waals surface area contributed by atoms with Crippen LogP contribution in [-0.2, 0) is 4.79 Å². The van der Waals surface area contributed by atoms with Gasteiger partial charge in [0.1, 0.15) is 0 Å². The first-order valence-electron chi connectivity index (χ1n) is 2.63. The van der Waals surface area contributed by atoms with Crippen molar-refractivity contribution < 1.29 is 9.90 Å². The predicted octanol–water partition coefficient (Wildman–Crippen LogP) is -0.210. The minimum atomic E-state index is -0.333. The molecule has 3 N–H and O–H groups in total. The van der Waals surface area contributed by atoms with Crippen LogP contribution in [-0.4, -0.2) is 23.4 Å². The Balaban J connectivity index is 0. The maximum absolute atomic E-state index is 9.22. The fourth-order valence-corrected chi connectivity index (χ4v) is 0.212. The van der Waals surface area contributed by atoms with Gasteiger partial charge in [-0.15, -0.1) is 0 Å². The Labute approximate surface area is 60.7 Å². The van der Waals surface area contributed by atoms with E-state index in [0.717, 1.165) is 12.2 Å². The molecule has 0 radical (unpaired) electrons. The van der Waals surface area contributed by atoms with Crippen molar-refractivity contribution in [2.75, 3.05) is 12.4 Å². The van der Waals surface area contributed by atoms with Crippen molar-refractivity contribution in [3.8, 4) is 0 Å². The second-order valence-electron chi connectivity index (χ2n) is 1.41. The van der Waals surface area contributed by atoms with Gasteiger partial charge in [0.15, 0.2) is 0 Å². The molecule has 4 heteroatoms. The summed E-state index contributed by atoms with van der Waals surface area (Å²) in [4.78, 5) is 9.22. The molecule has 0 unspecified atom stereocenters. The first-order chi connectivity index (χ1) is 4.15. The number of hydrogen-bond acceptors (Lipinski definition) is 3. The fourth-order valence-electron chi connectivity index (χ4n) is 0.0707. The van der Waals surface area contributed by atoms with E-state index in [2.05, 4.69) is 18.4 Å². The zero-order chi connectivity index (χ0) is 7.70. The van der Waals surface area contributed by atoms with Crippen molar-refractivity contribution in [3.05, 3.63) is 0 Å². The summed E-state index contributed by atoms with van der Waals surface area (Å²) in [5.74, 6) is 0.455. The van der Waals surface area contributed by atoms with Gasteiger partial charge < -0.3 is 10.8 Å². The van der Waals surface area contributed by atoms with Crippen molar-refractivity contribution in [2.24, 2.45) is 5.73 Å². The van der Waals surface area contributed by atoms with Crippen LogP contribution >= 0.6 is 12.6 Å². The van der Waals surface area contributed by atoms with Crippen LogP contribution in [0.25, 0.3) is 0 Å². The molecule has 0 bridgehead atoms. The Morgan fingerprint density at radius 1 is 1.78 bits per heavy atom. The molecular weight excluding hydrogens is 138 g/mol. The second kappa shape index (κ2) is 10.7. The molecule has 0 aromatic rings. The van der Waals surface area contributed by atoms with Gasteiger partial charge in [0.05, 0.1) is 0 Å². The van der Waals surface area contributed by atoms with Gasteiger partial charge in [0, 0.05) is 13.5 Å². The number of carbonyl (C=O) groups is 1. The molecule has 9 heavy (non-hydrogen) atoms. The smallest absolute Gasteiger partial charge is 0.214 e. The molecular formula is C5H13NO2S. The number of carbonyl (C=O) groups excluding carboxylic acids is 1. The topological polar surface area (TPSA) is 63.3 Å². The Bertz CT molecular complexity index is 62.0. The molecule has 0 atom stereocenters. The van der Waals surface area contributed by atoms with Crippen molar-refractivity contribution in [2.45, 2.75) is 13.3 Å². The molecule has 0 rings (SSSR count). The number of primary amides is 1. The average Bonchev–Trinajstić information content (AvgIpc) is 1.66. The summed E-state index contributed by atoms with van der Waals surface area (Å²) >= 11 is 3.84. The highest BCUT2D eigenvalue weighted by molar-refractivity contribution is 7.80. The van der Waals surface area contributed by atoms with Crippen LogP contribution in [0, 0.1) is 0 Å². The zero-order valence-corrected chi connectivity index (χ0v) is 6.40. The van der Waals surface area contributed by atoms with E-state index >= 15 is 0 Å². The van der Waals surface area contributed by atoms with Gasteiger partial charge in [-0.25, -0.2) is 0 Å². The third-order valence-electron chi connectivity index (χ3n) is 0.316. The normalized spacial score (nSPS) is 7.44. The van der Waals surface area contributed by atoms with E-state index in [-0.39, 0.29) is 12.5 Å². The van der Waals surface area contributed by atoms with Crippen molar-refractivity contribution >= 4 is 18.5 Å². The summed E-state index contributed by atoms with van der Waals surface area (Å²) in [5.41, 5.74) is 4.47. The molecule has 0 aliphatic carbocycles. The van der Waals surface area contributed by atoms with Gasteiger partial charge in [-0.05, 0) is 12.2 Å². The monoisotopic (exact) mass is 151 g/mol. The lowest BCUT2D eigenvalue weighted by molar-refractivity contribution is -0.115. The third kappa shape index (κ3) is 82.0. The molecule has 0 fully saturated rings. The standard InChI is InChI=1S/C3H8OS.C2H5NO/c4-2-1-3-5;1-2(3)4/h4-5H,1-3H2;1H3,(H2,3,4). The van der Waals surface area contributed by atoms with Crippen LogP contribution < -0.4 is 5.73 Å². The Morgan fingerprint density at radius 2 is 2.11 bits per heavy atom. The number of aliphatic hydroxyl groups excluding tert-OH is 1. The SMILES string of the molecule is CC(N)=O.OCCCS. The van der Waals surface area contributed by atoms with E-state index in [1.54, 1.807) is 0 Å². The van der Waals surface area contributed by atoms with E-state index in [1.165, 1.54) is 6.92 Å². The molecule has 0 saturated carbocycles. The number of hydrogen-bond donors (Lipinski definition) is 3.